The van der Waals surface area contributed by atoms with Gasteiger partial charge in [-0.3, -0.25) is 0 Å². The molecule has 0 heterocycles. The molecule has 0 aromatic heterocycles. The second-order valence-electron chi connectivity index (χ2n) is 3.85. The molecule has 15 heavy (non-hydrogen) atoms. The number of halogens is 1. The van der Waals surface area contributed by atoms with E-state index in [0.717, 1.165) is 6.07 Å². The molecule has 1 aromatic carbocycles. The lowest BCUT2D eigenvalue weighted by Gasteiger charge is -2.16. The third-order valence-corrected chi connectivity index (χ3v) is 2.27. The summed E-state index contributed by atoms with van der Waals surface area (Å²) in [6.07, 6.45) is 0. The van der Waals surface area contributed by atoms with Gasteiger partial charge >= 0.3 is 5.97 Å². The van der Waals surface area contributed by atoms with Gasteiger partial charge in [-0.1, -0.05) is 13.8 Å². The molecule has 0 saturated heterocycles. The van der Waals surface area contributed by atoms with Gasteiger partial charge in [0.1, 0.15) is 5.82 Å². The largest absolute Gasteiger partial charge is 0.478 e. The first-order valence-corrected chi connectivity index (χ1v) is 4.71. The van der Waals surface area contributed by atoms with Crippen LogP contribution < -0.4 is 5.73 Å². The number of nitrogens with two attached hydrogens (primary N) is 1. The predicted molar refractivity (Wildman–Crippen MR) is 55.1 cm³/mol. The van der Waals surface area contributed by atoms with Gasteiger partial charge in [-0.05, 0) is 29.7 Å². The smallest absolute Gasteiger partial charge is 0.335 e. The molecule has 0 amide bonds. The predicted octanol–water partition coefficient (Wildman–Crippen LogP) is 2.18. The van der Waals surface area contributed by atoms with E-state index in [0.29, 0.717) is 5.56 Å². The summed E-state index contributed by atoms with van der Waals surface area (Å²) in [5.74, 6) is -1.58. The van der Waals surface area contributed by atoms with Crippen LogP contribution in [0, 0.1) is 11.7 Å². The molecule has 0 bridgehead atoms. The molecule has 1 rings (SSSR count). The summed E-state index contributed by atoms with van der Waals surface area (Å²) in [7, 11) is 0. The second-order valence-corrected chi connectivity index (χ2v) is 3.85. The maximum absolute atomic E-state index is 13.1. The Kier molecular flexibility index (Phi) is 3.42. The Morgan fingerprint density at radius 3 is 2.47 bits per heavy atom. The monoisotopic (exact) mass is 211 g/mol. The third-order valence-electron chi connectivity index (χ3n) is 2.27. The van der Waals surface area contributed by atoms with Gasteiger partial charge in [0.15, 0.2) is 0 Å². The van der Waals surface area contributed by atoms with Crippen LogP contribution in [-0.2, 0) is 0 Å². The highest BCUT2D eigenvalue weighted by atomic mass is 19.1. The fourth-order valence-corrected chi connectivity index (χ4v) is 1.31. The fourth-order valence-electron chi connectivity index (χ4n) is 1.31. The molecular weight excluding hydrogens is 197 g/mol. The summed E-state index contributed by atoms with van der Waals surface area (Å²) in [5, 5.41) is 8.75. The van der Waals surface area contributed by atoms with Crippen LogP contribution in [0.4, 0.5) is 4.39 Å². The SMILES string of the molecule is CC(C)[C@H](N)c1cc(F)cc(C(=O)O)c1. The van der Waals surface area contributed by atoms with E-state index in [1.165, 1.54) is 12.1 Å². The Labute approximate surface area is 87.7 Å². The number of benzene rings is 1. The van der Waals surface area contributed by atoms with Crippen molar-refractivity contribution in [2.45, 2.75) is 19.9 Å². The summed E-state index contributed by atoms with van der Waals surface area (Å²) in [5.41, 5.74) is 6.26. The van der Waals surface area contributed by atoms with Crippen molar-refractivity contribution in [3.63, 3.8) is 0 Å². The average Bonchev–Trinajstić information content (AvgIpc) is 2.15. The van der Waals surface area contributed by atoms with Gasteiger partial charge in [0.2, 0.25) is 0 Å². The number of hydrogen-bond acceptors (Lipinski definition) is 2. The van der Waals surface area contributed by atoms with Crippen molar-refractivity contribution in [3.05, 3.63) is 35.1 Å². The van der Waals surface area contributed by atoms with Crippen molar-refractivity contribution in [1.82, 2.24) is 0 Å². The molecule has 0 unspecified atom stereocenters. The Hall–Kier alpha value is -1.42. The van der Waals surface area contributed by atoms with Gasteiger partial charge in [-0.25, -0.2) is 9.18 Å². The minimum atomic E-state index is -1.15. The highest BCUT2D eigenvalue weighted by molar-refractivity contribution is 5.87. The molecular formula is C11H14FNO2. The molecule has 0 aliphatic carbocycles. The molecule has 0 spiro atoms. The first-order chi connectivity index (χ1) is 6.91. The van der Waals surface area contributed by atoms with Crippen LogP contribution in [0.25, 0.3) is 0 Å². The summed E-state index contributed by atoms with van der Waals surface area (Å²) in [6, 6.07) is 3.32. The number of aromatic carboxylic acids is 1. The molecule has 1 atom stereocenters. The van der Waals surface area contributed by atoms with E-state index in [4.69, 9.17) is 10.8 Å². The van der Waals surface area contributed by atoms with Crippen molar-refractivity contribution < 1.29 is 14.3 Å². The Bertz CT molecular complexity index is 377. The summed E-state index contributed by atoms with van der Waals surface area (Å²) >= 11 is 0. The number of carboxylic acid groups (broad SMARTS) is 1. The normalized spacial score (nSPS) is 12.9. The first-order valence-electron chi connectivity index (χ1n) is 4.71. The maximum Gasteiger partial charge on any atom is 0.335 e. The van der Waals surface area contributed by atoms with E-state index in [2.05, 4.69) is 0 Å². The van der Waals surface area contributed by atoms with Crippen LogP contribution in [0.5, 0.6) is 0 Å². The zero-order valence-electron chi connectivity index (χ0n) is 8.70. The number of carboxylic acids is 1. The number of carbonyl (C=O) groups is 1. The van der Waals surface area contributed by atoms with Crippen molar-refractivity contribution in [2.24, 2.45) is 11.7 Å². The molecule has 0 aliphatic heterocycles. The highest BCUT2D eigenvalue weighted by Gasteiger charge is 2.14. The lowest BCUT2D eigenvalue weighted by atomic mass is 9.95. The first kappa shape index (κ1) is 11.7. The minimum absolute atomic E-state index is 0.0684. The van der Waals surface area contributed by atoms with Gasteiger partial charge in [0.25, 0.3) is 0 Å². The van der Waals surface area contributed by atoms with Gasteiger partial charge in [0.05, 0.1) is 5.56 Å². The van der Waals surface area contributed by atoms with Crippen LogP contribution in [-0.4, -0.2) is 11.1 Å². The number of hydrogen-bond donors (Lipinski definition) is 2. The Balaban J connectivity index is 3.14. The highest BCUT2D eigenvalue weighted by Crippen LogP contribution is 2.21. The van der Waals surface area contributed by atoms with E-state index in [1.54, 1.807) is 0 Å². The van der Waals surface area contributed by atoms with Crippen LogP contribution in [0.15, 0.2) is 18.2 Å². The molecule has 82 valence electrons. The topological polar surface area (TPSA) is 63.3 Å². The average molecular weight is 211 g/mol. The Morgan fingerprint density at radius 1 is 1.40 bits per heavy atom. The molecule has 1 aromatic rings. The molecule has 3 N–H and O–H groups in total. The van der Waals surface area contributed by atoms with Gasteiger partial charge < -0.3 is 10.8 Å². The van der Waals surface area contributed by atoms with E-state index in [-0.39, 0.29) is 17.5 Å². The third kappa shape index (κ3) is 2.76. The van der Waals surface area contributed by atoms with Crippen molar-refractivity contribution >= 4 is 5.97 Å². The molecule has 4 heteroatoms. The molecule has 0 radical (unpaired) electrons. The van der Waals surface area contributed by atoms with Gasteiger partial charge in [0, 0.05) is 6.04 Å². The Morgan fingerprint density at radius 2 is 2.00 bits per heavy atom. The van der Waals surface area contributed by atoms with Gasteiger partial charge in [-0.2, -0.15) is 0 Å². The summed E-state index contributed by atoms with van der Waals surface area (Å²) in [4.78, 5) is 10.7. The zero-order chi connectivity index (χ0) is 11.6. The van der Waals surface area contributed by atoms with Crippen molar-refractivity contribution in [2.75, 3.05) is 0 Å². The van der Waals surface area contributed by atoms with E-state index in [1.807, 2.05) is 13.8 Å². The van der Waals surface area contributed by atoms with Gasteiger partial charge in [-0.15, -0.1) is 0 Å². The molecule has 0 fully saturated rings. The second kappa shape index (κ2) is 4.40. The summed E-state index contributed by atoms with van der Waals surface area (Å²) in [6.45, 7) is 3.80. The fraction of sp³-hybridized carbons (Fsp3) is 0.364. The maximum atomic E-state index is 13.1. The molecule has 0 saturated carbocycles. The zero-order valence-corrected chi connectivity index (χ0v) is 8.70. The van der Waals surface area contributed by atoms with Crippen LogP contribution in [0.2, 0.25) is 0 Å². The van der Waals surface area contributed by atoms with E-state index >= 15 is 0 Å². The number of rotatable bonds is 3. The quantitative estimate of drug-likeness (QED) is 0.805. The van der Waals surface area contributed by atoms with E-state index in [9.17, 15) is 9.18 Å². The molecule has 3 nitrogen and oxygen atoms in total. The van der Waals surface area contributed by atoms with E-state index < -0.39 is 11.8 Å². The summed E-state index contributed by atoms with van der Waals surface area (Å²) < 4.78 is 13.1. The molecule has 0 aliphatic rings. The van der Waals surface area contributed by atoms with Crippen molar-refractivity contribution in [1.29, 1.82) is 0 Å². The van der Waals surface area contributed by atoms with Crippen LogP contribution >= 0.6 is 0 Å². The van der Waals surface area contributed by atoms with Crippen LogP contribution in [0.1, 0.15) is 35.8 Å². The van der Waals surface area contributed by atoms with Crippen molar-refractivity contribution in [3.8, 4) is 0 Å². The van der Waals surface area contributed by atoms with Crippen LogP contribution in [0.3, 0.4) is 0 Å². The lowest BCUT2D eigenvalue weighted by Crippen LogP contribution is -2.17. The minimum Gasteiger partial charge on any atom is -0.478 e. The standard InChI is InChI=1S/C11H14FNO2/c1-6(2)10(13)7-3-8(11(14)15)5-9(12)4-7/h3-6,10H,13H2,1-2H3,(H,14,15)/t10-/m0/s1. The lowest BCUT2D eigenvalue weighted by molar-refractivity contribution is 0.0696.